The fourth-order valence-corrected chi connectivity index (χ4v) is 2.75. The first-order valence-electron chi connectivity index (χ1n) is 7.90. The molecule has 2 nitrogen and oxygen atoms in total. The van der Waals surface area contributed by atoms with Crippen LogP contribution in [0.15, 0.2) is 54.7 Å². The van der Waals surface area contributed by atoms with Crippen molar-refractivity contribution in [2.24, 2.45) is 0 Å². The Labute approximate surface area is 132 Å². The number of hydrogen-bond acceptors (Lipinski definition) is 1. The van der Waals surface area contributed by atoms with E-state index in [4.69, 9.17) is 4.98 Å². The summed E-state index contributed by atoms with van der Waals surface area (Å²) >= 11 is 0. The summed E-state index contributed by atoms with van der Waals surface area (Å²) in [6, 6.07) is 17.0. The van der Waals surface area contributed by atoms with Crippen LogP contribution in [0.1, 0.15) is 30.3 Å². The number of aromatic nitrogens is 2. The van der Waals surface area contributed by atoms with E-state index in [1.165, 1.54) is 22.4 Å². The van der Waals surface area contributed by atoms with E-state index in [1.54, 1.807) is 0 Å². The highest BCUT2D eigenvalue weighted by Gasteiger charge is 2.12. The van der Waals surface area contributed by atoms with Gasteiger partial charge >= 0.3 is 0 Å². The monoisotopic (exact) mass is 290 g/mol. The zero-order chi connectivity index (χ0) is 15.5. The third kappa shape index (κ3) is 2.82. The van der Waals surface area contributed by atoms with E-state index in [-0.39, 0.29) is 0 Å². The average molecular weight is 290 g/mol. The molecule has 0 N–H and O–H groups in total. The lowest BCUT2D eigenvalue weighted by Crippen LogP contribution is -2.02. The molecule has 0 spiro atoms. The first-order valence-corrected chi connectivity index (χ1v) is 7.90. The molecule has 0 aliphatic rings. The van der Waals surface area contributed by atoms with Gasteiger partial charge in [0, 0.05) is 23.9 Å². The molecular weight excluding hydrogens is 268 g/mol. The van der Waals surface area contributed by atoms with E-state index in [9.17, 15) is 0 Å². The summed E-state index contributed by atoms with van der Waals surface area (Å²) in [6.45, 7) is 6.49. The molecule has 0 amide bonds. The molecule has 0 saturated heterocycles. The van der Waals surface area contributed by atoms with Crippen molar-refractivity contribution in [1.29, 1.82) is 0 Å². The second-order valence-corrected chi connectivity index (χ2v) is 5.82. The van der Waals surface area contributed by atoms with Crippen LogP contribution < -0.4 is 0 Å². The molecule has 0 radical (unpaired) electrons. The van der Waals surface area contributed by atoms with Crippen LogP contribution in [-0.4, -0.2) is 9.55 Å². The quantitative estimate of drug-likeness (QED) is 0.653. The minimum Gasteiger partial charge on any atom is -0.303 e. The van der Waals surface area contributed by atoms with Crippen molar-refractivity contribution in [1.82, 2.24) is 9.55 Å². The molecule has 0 atom stereocenters. The van der Waals surface area contributed by atoms with Crippen molar-refractivity contribution in [2.75, 3.05) is 0 Å². The minimum atomic E-state index is 0.986. The number of rotatable bonds is 4. The van der Waals surface area contributed by atoms with Gasteiger partial charge in [0.2, 0.25) is 0 Å². The average Bonchev–Trinajstić information content (AvgIpc) is 2.95. The van der Waals surface area contributed by atoms with Crippen molar-refractivity contribution >= 4 is 0 Å². The van der Waals surface area contributed by atoms with Crippen LogP contribution in [0.4, 0.5) is 0 Å². The van der Waals surface area contributed by atoms with Crippen LogP contribution in [0.3, 0.4) is 0 Å². The van der Waals surface area contributed by atoms with E-state index >= 15 is 0 Å². The maximum Gasteiger partial charge on any atom is 0.113 e. The fraction of sp³-hybridized carbons (Fsp3) is 0.250. The summed E-state index contributed by atoms with van der Waals surface area (Å²) in [5.74, 6) is 1.13. The van der Waals surface area contributed by atoms with Crippen molar-refractivity contribution in [3.63, 3.8) is 0 Å². The lowest BCUT2D eigenvalue weighted by molar-refractivity contribution is 0.807. The lowest BCUT2D eigenvalue weighted by atomic mass is 10.1. The first kappa shape index (κ1) is 14.6. The summed E-state index contributed by atoms with van der Waals surface area (Å²) in [4.78, 5) is 4.88. The Hall–Kier alpha value is -2.35. The molecule has 3 rings (SSSR count). The zero-order valence-corrected chi connectivity index (χ0v) is 13.5. The third-order valence-electron chi connectivity index (χ3n) is 3.95. The molecule has 3 aromatic rings. The van der Waals surface area contributed by atoms with Gasteiger partial charge in [0.1, 0.15) is 5.82 Å². The molecule has 0 saturated carbocycles. The molecule has 0 aliphatic carbocycles. The summed E-state index contributed by atoms with van der Waals surface area (Å²) < 4.78 is 2.26. The fourth-order valence-electron chi connectivity index (χ4n) is 2.75. The number of nitrogens with zero attached hydrogens (tertiary/aromatic N) is 2. The highest BCUT2D eigenvalue weighted by Crippen LogP contribution is 2.24. The van der Waals surface area contributed by atoms with E-state index in [0.29, 0.717) is 0 Å². The SMILES string of the molecule is CCCc1nc(-c2ccccc2)cn1-c1cc(C)ccc1C. The van der Waals surface area contributed by atoms with Gasteiger partial charge < -0.3 is 4.57 Å². The number of hydrogen-bond donors (Lipinski definition) is 0. The van der Waals surface area contributed by atoms with Crippen LogP contribution in [0.2, 0.25) is 0 Å². The molecule has 1 aromatic heterocycles. The van der Waals surface area contributed by atoms with E-state index in [2.05, 4.69) is 74.0 Å². The molecule has 0 fully saturated rings. The first-order chi connectivity index (χ1) is 10.7. The third-order valence-corrected chi connectivity index (χ3v) is 3.95. The number of benzene rings is 2. The van der Waals surface area contributed by atoms with Crippen molar-refractivity contribution < 1.29 is 0 Å². The molecule has 112 valence electrons. The molecule has 2 aromatic carbocycles. The standard InChI is InChI=1S/C20H22N2/c1-4-8-20-21-18(17-9-6-5-7-10-17)14-22(20)19-13-15(2)11-12-16(19)3/h5-7,9-14H,4,8H2,1-3H3. The van der Waals surface area contributed by atoms with Gasteiger partial charge in [-0.25, -0.2) is 4.98 Å². The van der Waals surface area contributed by atoms with Crippen LogP contribution in [0.5, 0.6) is 0 Å². The van der Waals surface area contributed by atoms with Gasteiger partial charge in [-0.2, -0.15) is 0 Å². The maximum atomic E-state index is 4.88. The Balaban J connectivity index is 2.14. The molecule has 0 bridgehead atoms. The van der Waals surface area contributed by atoms with Crippen molar-refractivity contribution in [3.8, 4) is 16.9 Å². The summed E-state index contributed by atoms with van der Waals surface area (Å²) in [6.07, 6.45) is 4.25. The van der Waals surface area contributed by atoms with Gasteiger partial charge in [-0.05, 0) is 37.5 Å². The number of aryl methyl sites for hydroxylation is 3. The molecule has 0 unspecified atom stereocenters. The summed E-state index contributed by atoms with van der Waals surface area (Å²) in [5, 5.41) is 0. The molecule has 22 heavy (non-hydrogen) atoms. The Kier molecular flexibility index (Phi) is 4.10. The van der Waals surface area contributed by atoms with Gasteiger partial charge in [0.25, 0.3) is 0 Å². The highest BCUT2D eigenvalue weighted by molar-refractivity contribution is 5.60. The van der Waals surface area contributed by atoms with Crippen LogP contribution in [0.25, 0.3) is 16.9 Å². The van der Waals surface area contributed by atoms with E-state index in [0.717, 1.165) is 24.4 Å². The van der Waals surface area contributed by atoms with Crippen molar-refractivity contribution in [2.45, 2.75) is 33.6 Å². The lowest BCUT2D eigenvalue weighted by Gasteiger charge is -2.11. The summed E-state index contributed by atoms with van der Waals surface area (Å²) in [7, 11) is 0. The number of imidazole rings is 1. The molecule has 1 heterocycles. The maximum absolute atomic E-state index is 4.88. The Morgan fingerprint density at radius 2 is 1.77 bits per heavy atom. The van der Waals surface area contributed by atoms with Gasteiger partial charge in [-0.3, -0.25) is 0 Å². The summed E-state index contributed by atoms with van der Waals surface area (Å²) in [5.41, 5.74) is 6.00. The second-order valence-electron chi connectivity index (χ2n) is 5.82. The largest absolute Gasteiger partial charge is 0.303 e. The normalized spacial score (nSPS) is 10.9. The molecule has 2 heteroatoms. The Morgan fingerprint density at radius 3 is 2.50 bits per heavy atom. The van der Waals surface area contributed by atoms with Gasteiger partial charge in [0.05, 0.1) is 5.69 Å². The Morgan fingerprint density at radius 1 is 1.00 bits per heavy atom. The van der Waals surface area contributed by atoms with Crippen LogP contribution in [0, 0.1) is 13.8 Å². The molecular formula is C20H22N2. The van der Waals surface area contributed by atoms with E-state index < -0.39 is 0 Å². The van der Waals surface area contributed by atoms with Gasteiger partial charge in [0.15, 0.2) is 0 Å². The predicted octanol–water partition coefficient (Wildman–Crippen LogP) is 5.11. The highest BCUT2D eigenvalue weighted by atomic mass is 15.1. The topological polar surface area (TPSA) is 17.8 Å². The predicted molar refractivity (Wildman–Crippen MR) is 92.5 cm³/mol. The van der Waals surface area contributed by atoms with Crippen LogP contribution in [-0.2, 0) is 6.42 Å². The van der Waals surface area contributed by atoms with Crippen LogP contribution >= 0.6 is 0 Å². The second kappa shape index (κ2) is 6.18. The molecule has 0 aliphatic heterocycles. The van der Waals surface area contributed by atoms with Gasteiger partial charge in [-0.15, -0.1) is 0 Å². The van der Waals surface area contributed by atoms with Gasteiger partial charge in [-0.1, -0.05) is 49.4 Å². The Bertz CT molecular complexity index is 770. The zero-order valence-electron chi connectivity index (χ0n) is 13.5. The smallest absolute Gasteiger partial charge is 0.113 e. The van der Waals surface area contributed by atoms with E-state index in [1.807, 2.05) is 6.07 Å². The van der Waals surface area contributed by atoms with Crippen molar-refractivity contribution in [3.05, 3.63) is 71.7 Å². The minimum absolute atomic E-state index is 0.986.